The van der Waals surface area contributed by atoms with Crippen LogP contribution in [0.5, 0.6) is 0 Å². The lowest BCUT2D eigenvalue weighted by Crippen LogP contribution is -2.21. The summed E-state index contributed by atoms with van der Waals surface area (Å²) in [6.45, 7) is 4.85. The molecule has 2 N–H and O–H groups in total. The van der Waals surface area contributed by atoms with Gasteiger partial charge in [-0.2, -0.15) is 0 Å². The van der Waals surface area contributed by atoms with E-state index in [4.69, 9.17) is 0 Å². The molecule has 3 aromatic rings. The van der Waals surface area contributed by atoms with Crippen molar-refractivity contribution in [1.29, 1.82) is 0 Å². The topological polar surface area (TPSA) is 58.5 Å². The first-order valence-electron chi connectivity index (χ1n) is 7.07. The van der Waals surface area contributed by atoms with Crippen LogP contribution < -0.4 is 5.32 Å². The lowest BCUT2D eigenvalue weighted by Gasteiger charge is -2.14. The Bertz CT molecular complexity index is 685. The van der Waals surface area contributed by atoms with Crippen LogP contribution in [0, 0.1) is 6.92 Å². The number of nitrogens with zero attached hydrogens (tertiary/aromatic N) is 3. The van der Waals surface area contributed by atoms with Crippen LogP contribution in [0.25, 0.3) is 5.69 Å². The molecule has 5 nitrogen and oxygen atoms in total. The zero-order chi connectivity index (χ0) is 14.7. The number of H-pyrrole nitrogens is 1. The molecule has 0 saturated heterocycles. The molecule has 0 aliphatic carbocycles. The standard InChI is InChI=1S/C16H19N5/c1-12(16-17-8-9-18-16)19-10-15-11-20-13(2)21(15)14-6-4-3-5-7-14/h3-9,11-12,19H,10H2,1-2H3,(H,17,18). The molecule has 0 aliphatic rings. The van der Waals surface area contributed by atoms with Gasteiger partial charge in [0.15, 0.2) is 0 Å². The molecule has 1 aromatic carbocycles. The molecule has 3 rings (SSSR count). The Morgan fingerprint density at radius 2 is 2.05 bits per heavy atom. The van der Waals surface area contributed by atoms with Crippen molar-refractivity contribution < 1.29 is 0 Å². The maximum atomic E-state index is 4.43. The van der Waals surface area contributed by atoms with E-state index in [0.29, 0.717) is 0 Å². The largest absolute Gasteiger partial charge is 0.347 e. The fourth-order valence-corrected chi connectivity index (χ4v) is 2.41. The fourth-order valence-electron chi connectivity index (χ4n) is 2.41. The monoisotopic (exact) mass is 281 g/mol. The zero-order valence-electron chi connectivity index (χ0n) is 12.2. The number of para-hydroxylation sites is 1. The highest BCUT2D eigenvalue weighted by molar-refractivity contribution is 5.35. The molecule has 1 atom stereocenters. The molecular weight excluding hydrogens is 262 g/mol. The maximum absolute atomic E-state index is 4.43. The number of aromatic amines is 1. The van der Waals surface area contributed by atoms with Crippen molar-refractivity contribution >= 4 is 0 Å². The minimum Gasteiger partial charge on any atom is -0.347 e. The Balaban J connectivity index is 1.78. The minimum atomic E-state index is 0.166. The molecule has 21 heavy (non-hydrogen) atoms. The van der Waals surface area contributed by atoms with Crippen molar-refractivity contribution in [2.75, 3.05) is 0 Å². The van der Waals surface area contributed by atoms with E-state index in [1.807, 2.05) is 37.5 Å². The van der Waals surface area contributed by atoms with Crippen LogP contribution in [0.15, 0.2) is 48.9 Å². The van der Waals surface area contributed by atoms with E-state index in [1.54, 1.807) is 6.20 Å². The van der Waals surface area contributed by atoms with Gasteiger partial charge in [0.1, 0.15) is 11.6 Å². The molecule has 2 heterocycles. The number of hydrogen-bond acceptors (Lipinski definition) is 3. The lowest BCUT2D eigenvalue weighted by atomic mass is 10.3. The number of rotatable bonds is 5. The molecular formula is C16H19N5. The van der Waals surface area contributed by atoms with Crippen molar-refractivity contribution in [2.45, 2.75) is 26.4 Å². The first-order valence-corrected chi connectivity index (χ1v) is 7.07. The van der Waals surface area contributed by atoms with Gasteiger partial charge in [-0.05, 0) is 26.0 Å². The van der Waals surface area contributed by atoms with Gasteiger partial charge in [0, 0.05) is 24.6 Å². The van der Waals surface area contributed by atoms with Crippen molar-refractivity contribution in [3.8, 4) is 5.69 Å². The summed E-state index contributed by atoms with van der Waals surface area (Å²) in [4.78, 5) is 11.8. The van der Waals surface area contributed by atoms with Crippen molar-refractivity contribution in [2.24, 2.45) is 0 Å². The predicted molar refractivity (Wildman–Crippen MR) is 82.1 cm³/mol. The summed E-state index contributed by atoms with van der Waals surface area (Å²) in [5, 5.41) is 3.47. The second-order valence-corrected chi connectivity index (χ2v) is 5.04. The van der Waals surface area contributed by atoms with Crippen LogP contribution >= 0.6 is 0 Å². The maximum Gasteiger partial charge on any atom is 0.122 e. The van der Waals surface area contributed by atoms with Gasteiger partial charge in [-0.25, -0.2) is 9.97 Å². The summed E-state index contributed by atoms with van der Waals surface area (Å²) in [6.07, 6.45) is 5.53. The minimum absolute atomic E-state index is 0.166. The van der Waals surface area contributed by atoms with E-state index in [1.165, 1.54) is 0 Å². The fraction of sp³-hybridized carbons (Fsp3) is 0.250. The Kier molecular flexibility index (Phi) is 3.83. The van der Waals surface area contributed by atoms with Gasteiger partial charge in [-0.15, -0.1) is 0 Å². The Morgan fingerprint density at radius 1 is 1.24 bits per heavy atom. The van der Waals surface area contributed by atoms with E-state index >= 15 is 0 Å². The number of aromatic nitrogens is 4. The molecule has 5 heteroatoms. The molecule has 0 saturated carbocycles. The van der Waals surface area contributed by atoms with Crippen LogP contribution in [-0.2, 0) is 6.54 Å². The Hall–Kier alpha value is -2.40. The highest BCUT2D eigenvalue weighted by atomic mass is 15.1. The number of imidazole rings is 2. The molecule has 108 valence electrons. The number of benzene rings is 1. The van der Waals surface area contributed by atoms with Crippen LogP contribution in [-0.4, -0.2) is 19.5 Å². The van der Waals surface area contributed by atoms with Crippen LogP contribution in [0.3, 0.4) is 0 Å². The quantitative estimate of drug-likeness (QED) is 0.756. The van der Waals surface area contributed by atoms with Crippen molar-refractivity contribution in [3.05, 3.63) is 66.3 Å². The zero-order valence-corrected chi connectivity index (χ0v) is 12.2. The first kappa shape index (κ1) is 13.6. The van der Waals surface area contributed by atoms with Crippen molar-refractivity contribution in [3.63, 3.8) is 0 Å². The van der Waals surface area contributed by atoms with E-state index in [0.717, 1.165) is 29.6 Å². The third-order valence-electron chi connectivity index (χ3n) is 3.54. The summed E-state index contributed by atoms with van der Waals surface area (Å²) >= 11 is 0. The third kappa shape index (κ3) is 2.87. The van der Waals surface area contributed by atoms with E-state index in [-0.39, 0.29) is 6.04 Å². The van der Waals surface area contributed by atoms with Crippen LogP contribution in [0.1, 0.15) is 30.3 Å². The molecule has 2 aromatic heterocycles. The number of nitrogens with one attached hydrogen (secondary N) is 2. The molecule has 0 spiro atoms. The SMILES string of the molecule is Cc1ncc(CNC(C)c2ncc[nH]2)n1-c1ccccc1. The molecule has 1 unspecified atom stereocenters. The molecule has 0 radical (unpaired) electrons. The van der Waals surface area contributed by atoms with E-state index < -0.39 is 0 Å². The van der Waals surface area contributed by atoms with Crippen LogP contribution in [0.4, 0.5) is 0 Å². The van der Waals surface area contributed by atoms with E-state index in [2.05, 4.69) is 43.9 Å². The molecule has 0 aliphatic heterocycles. The normalized spacial score (nSPS) is 12.5. The number of aryl methyl sites for hydroxylation is 1. The average Bonchev–Trinajstić information content (AvgIpc) is 3.15. The van der Waals surface area contributed by atoms with Gasteiger partial charge in [0.2, 0.25) is 0 Å². The Labute approximate surface area is 124 Å². The van der Waals surface area contributed by atoms with E-state index in [9.17, 15) is 0 Å². The second kappa shape index (κ2) is 5.93. The van der Waals surface area contributed by atoms with Gasteiger partial charge in [0.25, 0.3) is 0 Å². The molecule has 0 fully saturated rings. The summed E-state index contributed by atoms with van der Waals surface area (Å²) in [7, 11) is 0. The highest BCUT2D eigenvalue weighted by Gasteiger charge is 2.11. The van der Waals surface area contributed by atoms with Gasteiger partial charge < -0.3 is 10.3 Å². The van der Waals surface area contributed by atoms with Gasteiger partial charge in [-0.3, -0.25) is 4.57 Å². The molecule has 0 amide bonds. The third-order valence-corrected chi connectivity index (χ3v) is 3.54. The van der Waals surface area contributed by atoms with Gasteiger partial charge >= 0.3 is 0 Å². The first-order chi connectivity index (χ1) is 10.3. The second-order valence-electron chi connectivity index (χ2n) is 5.04. The molecule has 0 bridgehead atoms. The highest BCUT2D eigenvalue weighted by Crippen LogP contribution is 2.15. The lowest BCUT2D eigenvalue weighted by molar-refractivity contribution is 0.541. The predicted octanol–water partition coefficient (Wildman–Crippen LogP) is 2.75. The summed E-state index contributed by atoms with van der Waals surface area (Å²) in [5.74, 6) is 1.93. The van der Waals surface area contributed by atoms with Gasteiger partial charge in [-0.1, -0.05) is 18.2 Å². The number of hydrogen-bond donors (Lipinski definition) is 2. The average molecular weight is 281 g/mol. The summed E-state index contributed by atoms with van der Waals surface area (Å²) in [6, 6.07) is 10.4. The smallest absolute Gasteiger partial charge is 0.122 e. The van der Waals surface area contributed by atoms with Crippen LogP contribution in [0.2, 0.25) is 0 Å². The Morgan fingerprint density at radius 3 is 2.76 bits per heavy atom. The summed E-state index contributed by atoms with van der Waals surface area (Å²) < 4.78 is 2.17. The van der Waals surface area contributed by atoms with Gasteiger partial charge in [0.05, 0.1) is 17.9 Å². The van der Waals surface area contributed by atoms with Crippen molar-refractivity contribution in [1.82, 2.24) is 24.8 Å². The summed E-state index contributed by atoms with van der Waals surface area (Å²) in [5.41, 5.74) is 2.27.